The number of ether oxygens (including phenoxy) is 1. The van der Waals surface area contributed by atoms with Crippen molar-refractivity contribution in [2.75, 3.05) is 16.8 Å². The van der Waals surface area contributed by atoms with Gasteiger partial charge in [-0.2, -0.15) is 0 Å². The van der Waals surface area contributed by atoms with Crippen molar-refractivity contribution in [3.05, 3.63) is 78.1 Å². The number of nitrogens with zero attached hydrogens (tertiary/aromatic N) is 2. The number of aromatic nitrogens is 1. The van der Waals surface area contributed by atoms with Gasteiger partial charge in [0.05, 0.1) is 18.0 Å². The number of anilines is 3. The first kappa shape index (κ1) is 19.0. The minimum Gasteiger partial charge on any atom is -0.491 e. The Hall–Kier alpha value is -3.34. The van der Waals surface area contributed by atoms with Crippen LogP contribution < -0.4 is 15.0 Å². The molecule has 0 radical (unpaired) electrons. The molecule has 0 unspecified atom stereocenters. The van der Waals surface area contributed by atoms with Gasteiger partial charge in [-0.05, 0) is 74.7 Å². The number of hydrogen-bond acceptors (Lipinski definition) is 4. The first-order valence-corrected chi connectivity index (χ1v) is 10.00. The molecule has 29 heavy (non-hydrogen) atoms. The maximum atomic E-state index is 13.0. The lowest BCUT2D eigenvalue weighted by Gasteiger charge is -2.29. The van der Waals surface area contributed by atoms with E-state index in [1.807, 2.05) is 67.3 Å². The summed E-state index contributed by atoms with van der Waals surface area (Å²) in [7, 11) is 0. The van der Waals surface area contributed by atoms with Gasteiger partial charge in [0.2, 0.25) is 0 Å². The molecule has 0 saturated carbocycles. The molecule has 0 fully saturated rings. The summed E-state index contributed by atoms with van der Waals surface area (Å²) in [6.07, 6.45) is 3.83. The van der Waals surface area contributed by atoms with Crippen LogP contribution in [-0.2, 0) is 6.42 Å². The summed E-state index contributed by atoms with van der Waals surface area (Å²) in [5, 5.41) is 3.30. The van der Waals surface area contributed by atoms with Gasteiger partial charge in [-0.15, -0.1) is 0 Å². The molecule has 3 aromatic rings. The van der Waals surface area contributed by atoms with E-state index < -0.39 is 0 Å². The number of aryl methyl sites for hydroxylation is 1. The van der Waals surface area contributed by atoms with Crippen LogP contribution in [0.25, 0.3) is 0 Å². The van der Waals surface area contributed by atoms with Gasteiger partial charge in [0.25, 0.3) is 5.91 Å². The minimum atomic E-state index is -0.0566. The zero-order chi connectivity index (χ0) is 20.2. The predicted molar refractivity (Wildman–Crippen MR) is 116 cm³/mol. The molecule has 4 rings (SSSR count). The van der Waals surface area contributed by atoms with E-state index in [0.29, 0.717) is 5.69 Å². The van der Waals surface area contributed by atoms with Gasteiger partial charge in [-0.25, -0.2) is 4.98 Å². The van der Waals surface area contributed by atoms with Gasteiger partial charge >= 0.3 is 0 Å². The number of carbonyl (C=O) groups excluding carboxylic acids is 1. The summed E-state index contributed by atoms with van der Waals surface area (Å²) >= 11 is 0. The topological polar surface area (TPSA) is 54.5 Å². The Morgan fingerprint density at radius 3 is 2.52 bits per heavy atom. The number of hydrogen-bond donors (Lipinski definition) is 1. The third kappa shape index (κ3) is 4.40. The number of para-hydroxylation sites is 1. The van der Waals surface area contributed by atoms with Crippen LogP contribution >= 0.6 is 0 Å². The van der Waals surface area contributed by atoms with Crippen molar-refractivity contribution in [3.8, 4) is 5.75 Å². The molecular weight excluding hydrogens is 362 g/mol. The molecule has 2 heterocycles. The zero-order valence-electron chi connectivity index (χ0n) is 16.8. The number of benzene rings is 2. The lowest BCUT2D eigenvalue weighted by molar-refractivity contribution is 0.0980. The van der Waals surface area contributed by atoms with E-state index >= 15 is 0 Å². The fourth-order valence-corrected chi connectivity index (χ4v) is 3.53. The van der Waals surface area contributed by atoms with Gasteiger partial charge < -0.3 is 15.0 Å². The number of nitrogens with one attached hydrogen (secondary N) is 1. The third-order valence-corrected chi connectivity index (χ3v) is 4.85. The van der Waals surface area contributed by atoms with Crippen LogP contribution in [0.2, 0.25) is 0 Å². The highest BCUT2D eigenvalue weighted by Gasteiger charge is 2.23. The summed E-state index contributed by atoms with van der Waals surface area (Å²) in [6.45, 7) is 4.73. The van der Waals surface area contributed by atoms with Crippen LogP contribution in [0, 0.1) is 0 Å². The van der Waals surface area contributed by atoms with E-state index in [9.17, 15) is 4.79 Å². The van der Waals surface area contributed by atoms with Crippen molar-refractivity contribution in [2.45, 2.75) is 32.8 Å². The summed E-state index contributed by atoms with van der Waals surface area (Å²) < 4.78 is 5.66. The quantitative estimate of drug-likeness (QED) is 0.653. The standard InChI is InChI=1S/C24H25N3O2/c1-17(2)29-21-12-9-19(10-13-21)26-20-11-14-22(25-16-20)24(28)27-15-5-7-18-6-3-4-8-23(18)27/h3-4,6,8-14,16-17,26H,5,7,15H2,1-2H3. The average Bonchev–Trinajstić information content (AvgIpc) is 2.74. The highest BCUT2D eigenvalue weighted by Crippen LogP contribution is 2.28. The van der Waals surface area contributed by atoms with E-state index in [0.717, 1.165) is 42.2 Å². The predicted octanol–water partition coefficient (Wildman–Crippen LogP) is 5.21. The Labute approximate surface area is 171 Å². The molecule has 1 aromatic heterocycles. The second kappa shape index (κ2) is 8.35. The maximum absolute atomic E-state index is 13.0. The average molecular weight is 387 g/mol. The second-order valence-corrected chi connectivity index (χ2v) is 7.44. The van der Waals surface area contributed by atoms with Crippen molar-refractivity contribution < 1.29 is 9.53 Å². The molecule has 0 saturated heterocycles. The first-order chi connectivity index (χ1) is 14.1. The lowest BCUT2D eigenvalue weighted by atomic mass is 10.0. The molecule has 0 atom stereocenters. The summed E-state index contributed by atoms with van der Waals surface area (Å²) in [6, 6.07) is 19.5. The number of rotatable bonds is 5. The summed E-state index contributed by atoms with van der Waals surface area (Å²) in [4.78, 5) is 19.2. The molecule has 0 spiro atoms. The highest BCUT2D eigenvalue weighted by atomic mass is 16.5. The number of fused-ring (bicyclic) bond motifs is 1. The molecular formula is C24H25N3O2. The first-order valence-electron chi connectivity index (χ1n) is 10.00. The van der Waals surface area contributed by atoms with E-state index in [1.54, 1.807) is 12.3 Å². The highest BCUT2D eigenvalue weighted by molar-refractivity contribution is 6.05. The molecule has 5 heteroatoms. The van der Waals surface area contributed by atoms with Crippen LogP contribution in [0.3, 0.4) is 0 Å². The van der Waals surface area contributed by atoms with Crippen LogP contribution in [0.1, 0.15) is 36.3 Å². The van der Waals surface area contributed by atoms with Gasteiger partial charge in [0.1, 0.15) is 11.4 Å². The van der Waals surface area contributed by atoms with Crippen molar-refractivity contribution >= 4 is 23.0 Å². The Morgan fingerprint density at radius 2 is 1.79 bits per heavy atom. The monoisotopic (exact) mass is 387 g/mol. The molecule has 1 aliphatic heterocycles. The number of amides is 1. The Balaban J connectivity index is 1.45. The van der Waals surface area contributed by atoms with Crippen molar-refractivity contribution in [1.29, 1.82) is 0 Å². The van der Waals surface area contributed by atoms with Crippen LogP contribution in [-0.4, -0.2) is 23.5 Å². The molecule has 148 valence electrons. The summed E-state index contributed by atoms with van der Waals surface area (Å²) in [5.41, 5.74) is 4.43. The van der Waals surface area contributed by atoms with E-state index in [-0.39, 0.29) is 12.0 Å². The SMILES string of the molecule is CC(C)Oc1ccc(Nc2ccc(C(=O)N3CCCc4ccccc43)nc2)cc1. The van der Waals surface area contributed by atoms with Crippen molar-refractivity contribution in [3.63, 3.8) is 0 Å². The molecule has 5 nitrogen and oxygen atoms in total. The second-order valence-electron chi connectivity index (χ2n) is 7.44. The van der Waals surface area contributed by atoms with Gasteiger partial charge in [-0.1, -0.05) is 18.2 Å². The number of pyridine rings is 1. The minimum absolute atomic E-state index is 0.0566. The van der Waals surface area contributed by atoms with Crippen LogP contribution in [0.4, 0.5) is 17.1 Å². The Kier molecular flexibility index (Phi) is 5.47. The normalized spacial score (nSPS) is 13.1. The lowest BCUT2D eigenvalue weighted by Crippen LogP contribution is -2.35. The Morgan fingerprint density at radius 1 is 1.03 bits per heavy atom. The molecule has 1 aliphatic rings. The fourth-order valence-electron chi connectivity index (χ4n) is 3.53. The fraction of sp³-hybridized carbons (Fsp3) is 0.250. The third-order valence-electron chi connectivity index (χ3n) is 4.85. The molecule has 1 amide bonds. The van der Waals surface area contributed by atoms with E-state index in [1.165, 1.54) is 5.56 Å². The summed E-state index contributed by atoms with van der Waals surface area (Å²) in [5.74, 6) is 0.783. The molecule has 0 aliphatic carbocycles. The van der Waals surface area contributed by atoms with Gasteiger partial charge in [0.15, 0.2) is 0 Å². The van der Waals surface area contributed by atoms with Gasteiger partial charge in [0, 0.05) is 17.9 Å². The van der Waals surface area contributed by atoms with Crippen molar-refractivity contribution in [1.82, 2.24) is 4.98 Å². The van der Waals surface area contributed by atoms with Crippen molar-refractivity contribution in [2.24, 2.45) is 0 Å². The van der Waals surface area contributed by atoms with Gasteiger partial charge in [-0.3, -0.25) is 4.79 Å². The molecule has 2 aromatic carbocycles. The maximum Gasteiger partial charge on any atom is 0.276 e. The smallest absolute Gasteiger partial charge is 0.276 e. The largest absolute Gasteiger partial charge is 0.491 e. The van der Waals surface area contributed by atoms with Crippen LogP contribution in [0.5, 0.6) is 5.75 Å². The van der Waals surface area contributed by atoms with E-state index in [2.05, 4.69) is 16.4 Å². The molecule has 0 bridgehead atoms. The number of carbonyl (C=O) groups is 1. The Bertz CT molecular complexity index is 982. The molecule has 1 N–H and O–H groups in total. The van der Waals surface area contributed by atoms with E-state index in [4.69, 9.17) is 4.74 Å². The van der Waals surface area contributed by atoms with Crippen LogP contribution in [0.15, 0.2) is 66.9 Å². The zero-order valence-corrected chi connectivity index (χ0v) is 16.8.